The number of phenols is 2. The van der Waals surface area contributed by atoms with Gasteiger partial charge in [-0.15, -0.1) is 0 Å². The van der Waals surface area contributed by atoms with Crippen LogP contribution >= 0.6 is 0 Å². The van der Waals surface area contributed by atoms with Gasteiger partial charge in [-0.1, -0.05) is 126 Å². The van der Waals surface area contributed by atoms with E-state index in [1.165, 1.54) is 30.9 Å². The summed E-state index contributed by atoms with van der Waals surface area (Å²) in [7, 11) is 1.89. The van der Waals surface area contributed by atoms with Gasteiger partial charge in [-0.3, -0.25) is 4.79 Å². The zero-order chi connectivity index (χ0) is 53.7. The van der Waals surface area contributed by atoms with Crippen molar-refractivity contribution in [1.82, 2.24) is 15.6 Å². The van der Waals surface area contributed by atoms with Gasteiger partial charge in [-0.25, -0.2) is 0 Å². The number of aromatic hydroxyl groups is 2. The Kier molecular flexibility index (Phi) is 17.9. The number of carbonyl (C=O) groups is 1. The van der Waals surface area contributed by atoms with Gasteiger partial charge in [0.1, 0.15) is 11.5 Å². The van der Waals surface area contributed by atoms with E-state index < -0.39 is 35.4 Å². The molecule has 3 fully saturated rings. The van der Waals surface area contributed by atoms with Crippen LogP contribution in [-0.4, -0.2) is 79.5 Å². The van der Waals surface area contributed by atoms with E-state index >= 15 is 0 Å². The third-order valence-electron chi connectivity index (χ3n) is 19.1. The van der Waals surface area contributed by atoms with Crippen LogP contribution in [0.1, 0.15) is 151 Å². The van der Waals surface area contributed by atoms with E-state index in [9.17, 15) is 35.4 Å². The maximum Gasteiger partial charge on any atom is 0.309 e. The topological polar surface area (TPSA) is 204 Å². The molecule has 2 bridgehead atoms. The predicted molar refractivity (Wildman–Crippen MR) is 303 cm³/mol. The van der Waals surface area contributed by atoms with Crippen LogP contribution in [0.2, 0.25) is 0 Å². The summed E-state index contributed by atoms with van der Waals surface area (Å²) in [6.45, 7) is 7.62. The van der Waals surface area contributed by atoms with Gasteiger partial charge in [0.2, 0.25) is 0 Å². The summed E-state index contributed by atoms with van der Waals surface area (Å²) in [6, 6.07) is 24.1. The van der Waals surface area contributed by atoms with Crippen molar-refractivity contribution >= 4 is 5.97 Å². The molecule has 13 atom stereocenters. The number of fused-ring (bicyclic) bond motifs is 1. The van der Waals surface area contributed by atoms with Crippen molar-refractivity contribution in [2.45, 2.75) is 153 Å². The van der Waals surface area contributed by atoms with E-state index in [1.807, 2.05) is 31.3 Å². The van der Waals surface area contributed by atoms with E-state index in [0.717, 1.165) is 78.6 Å². The predicted octanol–water partition coefficient (Wildman–Crippen LogP) is 11.7. The lowest BCUT2D eigenvalue weighted by Gasteiger charge is -2.54. The number of phenolic OH excluding ortho intramolecular Hbond substituents is 2. The van der Waals surface area contributed by atoms with Crippen LogP contribution < -0.4 is 16.4 Å². The molecule has 410 valence electrons. The molecule has 1 aliphatic heterocycles. The fraction of sp³-hybridized carbons (Fsp3) is 0.554. The van der Waals surface area contributed by atoms with Crippen LogP contribution in [0.25, 0.3) is 22.4 Å². The number of aromatic amines is 1. The first-order valence-corrected chi connectivity index (χ1v) is 29.1. The Morgan fingerprint density at radius 2 is 1.62 bits per heavy atom. The average molecular weight is 1040 g/mol. The molecule has 0 radical (unpaired) electrons. The van der Waals surface area contributed by atoms with Crippen molar-refractivity contribution < 1.29 is 35.4 Å². The van der Waals surface area contributed by atoms with E-state index in [0.29, 0.717) is 80.4 Å². The minimum absolute atomic E-state index is 0.000584. The average Bonchev–Trinajstić information content (AvgIpc) is 3.98. The van der Waals surface area contributed by atoms with Gasteiger partial charge in [-0.2, -0.15) is 0 Å². The number of rotatable bonds is 20. The molecule has 1 aromatic heterocycles. The molecule has 11 N–H and O–H groups in total. The number of benzene rings is 3. The van der Waals surface area contributed by atoms with Crippen LogP contribution in [0.15, 0.2) is 108 Å². The number of hydrogen-bond donors (Lipinski definition) is 10. The number of dihydropyridines is 1. The number of nitrogens with two attached hydrogens (primary N) is 1. The number of aromatic nitrogens is 1. The second-order valence-corrected chi connectivity index (χ2v) is 24.1. The number of unbranched alkanes of at least 4 members (excludes halogenated alkanes) is 3. The summed E-state index contributed by atoms with van der Waals surface area (Å²) in [5.74, 6) is -2.32. The Morgan fingerprint density at radius 3 is 2.33 bits per heavy atom. The molecule has 11 nitrogen and oxygen atoms in total. The molecule has 5 aliphatic rings. The maximum atomic E-state index is 14.2. The number of nitrogens with one attached hydrogen (secondary N) is 3. The molecule has 0 amide bonds. The lowest BCUT2D eigenvalue weighted by Crippen LogP contribution is -2.61. The first-order valence-electron chi connectivity index (χ1n) is 29.1. The Bertz CT molecular complexity index is 2680. The molecule has 9 rings (SSSR count). The highest BCUT2D eigenvalue weighted by Crippen LogP contribution is 2.63. The van der Waals surface area contributed by atoms with Crippen molar-refractivity contribution in [1.29, 1.82) is 0 Å². The lowest BCUT2D eigenvalue weighted by molar-refractivity contribution is -0.177. The van der Waals surface area contributed by atoms with Crippen molar-refractivity contribution in [2.24, 2.45) is 59.0 Å². The van der Waals surface area contributed by atoms with E-state index in [4.69, 9.17) is 5.73 Å². The summed E-state index contributed by atoms with van der Waals surface area (Å²) in [5, 5.41) is 79.2. The summed E-state index contributed by atoms with van der Waals surface area (Å²) in [6.07, 6.45) is 20.1. The molecule has 0 spiro atoms. The molecule has 76 heavy (non-hydrogen) atoms. The second-order valence-electron chi connectivity index (χ2n) is 24.1. The number of H-pyrrole nitrogens is 1. The molecule has 4 aromatic rings. The maximum absolute atomic E-state index is 14.2. The molecule has 3 saturated carbocycles. The molecular weight excluding hydrogens is 949 g/mol. The minimum atomic E-state index is -1.26. The monoisotopic (exact) mass is 1040 g/mol. The van der Waals surface area contributed by atoms with Gasteiger partial charge in [-0.05, 0) is 153 Å². The van der Waals surface area contributed by atoms with Crippen molar-refractivity contribution in [3.05, 3.63) is 131 Å². The second kappa shape index (κ2) is 24.6. The normalized spacial score (nSPS) is 30.4. The van der Waals surface area contributed by atoms with Crippen LogP contribution in [0.4, 0.5) is 0 Å². The molecule has 3 aromatic carbocycles. The number of carboxylic acid groups (broad SMARTS) is 1. The van der Waals surface area contributed by atoms with Crippen molar-refractivity contribution in [2.75, 3.05) is 20.1 Å². The molecule has 0 saturated heterocycles. The summed E-state index contributed by atoms with van der Waals surface area (Å²) in [4.78, 5) is 17.8. The third-order valence-corrected chi connectivity index (χ3v) is 19.1. The number of aliphatic hydroxyl groups excluding tert-OH is 2. The Labute approximate surface area is 452 Å². The first-order chi connectivity index (χ1) is 36.7. The van der Waals surface area contributed by atoms with Crippen molar-refractivity contribution in [3.8, 4) is 33.9 Å². The molecule has 11 heteroatoms. The van der Waals surface area contributed by atoms with Gasteiger partial charge >= 0.3 is 5.97 Å². The highest BCUT2D eigenvalue weighted by molar-refractivity contribution is 5.85. The third kappa shape index (κ3) is 11.9. The molecule has 4 aliphatic carbocycles. The number of aliphatic hydroxyl groups is 3. The molecule has 0 unspecified atom stereocenters. The van der Waals surface area contributed by atoms with E-state index in [1.54, 1.807) is 6.07 Å². The highest BCUT2D eigenvalue weighted by Gasteiger charge is 2.64. The number of carboxylic acids is 1. The van der Waals surface area contributed by atoms with Gasteiger partial charge in [0.05, 0.1) is 35.2 Å². The van der Waals surface area contributed by atoms with E-state index in [2.05, 4.69) is 97.1 Å². The van der Waals surface area contributed by atoms with Crippen LogP contribution in [-0.2, 0) is 11.2 Å². The van der Waals surface area contributed by atoms with Gasteiger partial charge in [0, 0.05) is 65.7 Å². The zero-order valence-corrected chi connectivity index (χ0v) is 45.6. The number of aliphatic carboxylic acids is 1. The fourth-order valence-corrected chi connectivity index (χ4v) is 15.3. The zero-order valence-electron chi connectivity index (χ0n) is 45.6. The largest absolute Gasteiger partial charge is 0.508 e. The smallest absolute Gasteiger partial charge is 0.309 e. The van der Waals surface area contributed by atoms with Crippen LogP contribution in [0, 0.1) is 53.3 Å². The highest BCUT2D eigenvalue weighted by atomic mass is 16.4. The number of hydrogen-bond acceptors (Lipinski definition) is 9. The lowest BCUT2D eigenvalue weighted by atomic mass is 9.55. The Hall–Kier alpha value is -5.33. The SMILES string of the molecule is CCCCC[C@H]1C=C[C@H](CCCC[C@H]2CC[C@H](c3cc(-c4ccccc4)c(-c4cc(O)cc(O)c4Cc4ccc(C(C)C)cc4)[nH]3)[C@@H]3C[C@@H](CC4=CCNC(N)=C4)[C@H]4CC[C@H]([C@H](O)[C@H]2C(=O)O)[C@@H](CNC)[C@]43O)[C@H](O)C1. The van der Waals surface area contributed by atoms with Crippen LogP contribution in [0.5, 0.6) is 11.5 Å². The Morgan fingerprint density at radius 1 is 0.855 bits per heavy atom. The molecular formula is C65H88N4O7. The summed E-state index contributed by atoms with van der Waals surface area (Å²) in [5.41, 5.74) is 13.4. The van der Waals surface area contributed by atoms with Crippen molar-refractivity contribution in [3.63, 3.8) is 0 Å². The van der Waals surface area contributed by atoms with Gasteiger partial charge in [0.15, 0.2) is 0 Å². The van der Waals surface area contributed by atoms with Crippen LogP contribution in [0.3, 0.4) is 0 Å². The summed E-state index contributed by atoms with van der Waals surface area (Å²) < 4.78 is 0. The minimum Gasteiger partial charge on any atom is -0.508 e. The quantitative estimate of drug-likeness (QED) is 0.0300. The Balaban J connectivity index is 1.13. The standard InChI is InChI=1S/C65H88N4O7/c1-5-6-8-13-40-20-23-45(58(71)32-40)16-11-12-17-46-24-25-49(55-34-47(30-42-28-29-68-60(66)33-42)54-27-26-50(63(73)61(46)64(74)75)56(38-67-4)65(54,55)76)57-37-51(44-14-9-7-10-15-44)62(69-57)53-35-48(70)36-59(72)52(53)31-41-18-21-43(22-19-41)39(2)3/h7,9-10,14-15,18-23,28,33,35-37,39-40,45-47,49-50,54-56,58,61,63,67-73,76H,5-6,8,11-13,16-17,24-27,29-32,34,38,66H2,1-4H3,(H,74,75)/t40-,45-,46-,47+,49-,50-,54+,55-,56+,58+,61-,63-,65-/m0/s1. The first kappa shape index (κ1) is 55.4. The fourth-order valence-electron chi connectivity index (χ4n) is 15.3. The van der Waals surface area contributed by atoms with Gasteiger partial charge < -0.3 is 52.0 Å². The summed E-state index contributed by atoms with van der Waals surface area (Å²) >= 11 is 0. The number of allylic oxidation sites excluding steroid dienone is 3. The van der Waals surface area contributed by atoms with Gasteiger partial charge in [0.25, 0.3) is 0 Å². The molecule has 2 heterocycles. The van der Waals surface area contributed by atoms with E-state index in [-0.39, 0.29) is 53.1 Å².